The van der Waals surface area contributed by atoms with Gasteiger partial charge in [-0.3, -0.25) is 14.9 Å². The minimum absolute atomic E-state index is 0.0171. The van der Waals surface area contributed by atoms with Gasteiger partial charge in [0, 0.05) is 16.1 Å². The first-order chi connectivity index (χ1) is 12.8. The number of methoxy groups -OCH3 is 1. The van der Waals surface area contributed by atoms with Gasteiger partial charge in [0.1, 0.15) is 0 Å². The molecule has 0 saturated carbocycles. The Kier molecular flexibility index (Phi) is 7.13. The number of para-hydroxylation sites is 2. The molecule has 1 amide bonds. The van der Waals surface area contributed by atoms with Crippen molar-refractivity contribution in [2.75, 3.05) is 13.7 Å². The topological polar surface area (TPSA) is 123 Å². The number of rotatable bonds is 7. The number of carbonyl (C=O) groups is 1. The monoisotopic (exact) mass is 501 g/mol. The van der Waals surface area contributed by atoms with Crippen LogP contribution in [0.2, 0.25) is 0 Å². The van der Waals surface area contributed by atoms with E-state index in [1.807, 2.05) is 0 Å². The van der Waals surface area contributed by atoms with Gasteiger partial charge in [-0.15, -0.1) is 0 Å². The van der Waals surface area contributed by atoms with Crippen LogP contribution in [0.25, 0.3) is 0 Å². The van der Waals surface area contributed by atoms with Crippen LogP contribution in [0.4, 0.5) is 5.69 Å². The molecule has 27 heavy (non-hydrogen) atoms. The maximum absolute atomic E-state index is 11.8. The zero-order chi connectivity index (χ0) is 20.0. The normalized spacial score (nSPS) is 10.6. The molecule has 2 aromatic rings. The number of nitrogens with one attached hydrogen (secondary N) is 1. The van der Waals surface area contributed by atoms with Crippen LogP contribution in [0, 0.1) is 10.1 Å². The van der Waals surface area contributed by atoms with Crippen LogP contribution in [0.1, 0.15) is 5.56 Å². The van der Waals surface area contributed by atoms with Gasteiger partial charge in [0.05, 0.1) is 22.7 Å². The third kappa shape index (κ3) is 5.17. The number of carbonyl (C=O) groups excluding carboxylic acids is 1. The molecule has 0 aromatic heterocycles. The molecule has 0 atom stereocenters. The molecule has 2 rings (SSSR count). The SMILES string of the molecule is COc1cc(/C=N/NC(=O)COc2ccccc2[N+](=O)[O-])c(Br)c(Br)c1O. The molecule has 0 heterocycles. The Balaban J connectivity index is 2.00. The Bertz CT molecular complexity index is 904. The third-order valence-corrected chi connectivity index (χ3v) is 5.37. The van der Waals surface area contributed by atoms with Gasteiger partial charge < -0.3 is 14.6 Å². The van der Waals surface area contributed by atoms with E-state index < -0.39 is 17.4 Å². The van der Waals surface area contributed by atoms with E-state index >= 15 is 0 Å². The van der Waals surface area contributed by atoms with Crippen molar-refractivity contribution in [1.82, 2.24) is 5.43 Å². The number of ether oxygens (including phenoxy) is 2. The molecule has 0 fully saturated rings. The minimum atomic E-state index is -0.606. The molecule has 0 bridgehead atoms. The fraction of sp³-hybridized carbons (Fsp3) is 0.125. The number of phenolic OH excluding ortho intramolecular Hbond substituents is 1. The summed E-state index contributed by atoms with van der Waals surface area (Å²) in [6.45, 7) is -0.452. The molecule has 0 aliphatic carbocycles. The maximum atomic E-state index is 11.8. The van der Waals surface area contributed by atoms with Crippen molar-refractivity contribution < 1.29 is 24.3 Å². The lowest BCUT2D eigenvalue weighted by atomic mass is 10.2. The van der Waals surface area contributed by atoms with Crippen molar-refractivity contribution in [3.05, 3.63) is 55.0 Å². The number of aromatic hydroxyl groups is 1. The van der Waals surface area contributed by atoms with Crippen molar-refractivity contribution in [3.8, 4) is 17.2 Å². The molecule has 0 aliphatic rings. The van der Waals surface area contributed by atoms with Gasteiger partial charge >= 0.3 is 5.69 Å². The number of hydrogen-bond acceptors (Lipinski definition) is 7. The number of hydrogen-bond donors (Lipinski definition) is 2. The molecule has 0 saturated heterocycles. The number of phenols is 1. The van der Waals surface area contributed by atoms with Gasteiger partial charge in [0.2, 0.25) is 0 Å². The van der Waals surface area contributed by atoms with Crippen LogP contribution in [-0.4, -0.2) is 35.9 Å². The average molecular weight is 503 g/mol. The lowest BCUT2D eigenvalue weighted by Crippen LogP contribution is -2.24. The van der Waals surface area contributed by atoms with Crippen molar-refractivity contribution in [2.45, 2.75) is 0 Å². The predicted molar refractivity (Wildman–Crippen MR) is 104 cm³/mol. The molecule has 2 N–H and O–H groups in total. The van der Waals surface area contributed by atoms with Gasteiger partial charge in [-0.05, 0) is 44.0 Å². The smallest absolute Gasteiger partial charge is 0.310 e. The molecular weight excluding hydrogens is 490 g/mol. The van der Waals surface area contributed by atoms with Crippen LogP contribution in [0.3, 0.4) is 0 Å². The highest BCUT2D eigenvalue weighted by atomic mass is 79.9. The molecule has 2 aromatic carbocycles. The van der Waals surface area contributed by atoms with Crippen molar-refractivity contribution in [2.24, 2.45) is 5.10 Å². The summed E-state index contributed by atoms with van der Waals surface area (Å²) >= 11 is 6.50. The zero-order valence-electron chi connectivity index (χ0n) is 13.8. The lowest BCUT2D eigenvalue weighted by molar-refractivity contribution is -0.385. The fourth-order valence-corrected chi connectivity index (χ4v) is 2.77. The lowest BCUT2D eigenvalue weighted by Gasteiger charge is -2.09. The van der Waals surface area contributed by atoms with Crippen LogP contribution >= 0.6 is 31.9 Å². The Morgan fingerprint density at radius 3 is 2.70 bits per heavy atom. The van der Waals surface area contributed by atoms with Crippen molar-refractivity contribution >= 4 is 49.7 Å². The standard InChI is InChI=1S/C16H13Br2N3O6/c1-26-12-6-9(14(17)15(18)16(12)23)7-19-20-13(22)8-27-11-5-3-2-4-10(11)21(24)25/h2-7,23H,8H2,1H3,(H,20,22)/b19-7+. The predicted octanol–water partition coefficient (Wildman–Crippen LogP) is 3.36. The fourth-order valence-electron chi connectivity index (χ4n) is 1.94. The Morgan fingerprint density at radius 2 is 2.04 bits per heavy atom. The summed E-state index contributed by atoms with van der Waals surface area (Å²) in [4.78, 5) is 22.1. The van der Waals surface area contributed by atoms with Gasteiger partial charge in [-0.1, -0.05) is 12.1 Å². The van der Waals surface area contributed by atoms with Gasteiger partial charge in [-0.25, -0.2) is 5.43 Å². The number of nitro groups is 1. The molecule has 0 radical (unpaired) electrons. The van der Waals surface area contributed by atoms with E-state index in [2.05, 4.69) is 42.4 Å². The summed E-state index contributed by atoms with van der Waals surface area (Å²) in [5.74, 6) is -0.483. The maximum Gasteiger partial charge on any atom is 0.310 e. The second-order valence-electron chi connectivity index (χ2n) is 4.95. The van der Waals surface area contributed by atoms with Crippen molar-refractivity contribution in [1.29, 1.82) is 0 Å². The molecule has 0 spiro atoms. The van der Waals surface area contributed by atoms with Crippen LogP contribution in [0.15, 0.2) is 44.4 Å². The minimum Gasteiger partial charge on any atom is -0.503 e. The summed E-state index contributed by atoms with van der Waals surface area (Å²) in [5, 5.41) is 24.6. The van der Waals surface area contributed by atoms with Crippen molar-refractivity contribution in [3.63, 3.8) is 0 Å². The highest BCUT2D eigenvalue weighted by Crippen LogP contribution is 2.41. The molecular formula is C16H13Br2N3O6. The van der Waals surface area contributed by atoms with Crippen LogP contribution < -0.4 is 14.9 Å². The van der Waals surface area contributed by atoms with E-state index in [0.717, 1.165) is 0 Å². The number of hydrazone groups is 1. The Labute approximate surface area is 170 Å². The van der Waals surface area contributed by atoms with Crippen LogP contribution in [0.5, 0.6) is 17.2 Å². The molecule has 0 aliphatic heterocycles. The number of nitro benzene ring substituents is 1. The highest BCUT2D eigenvalue weighted by Gasteiger charge is 2.15. The van der Waals surface area contributed by atoms with Gasteiger partial charge in [0.15, 0.2) is 23.9 Å². The molecule has 0 unspecified atom stereocenters. The number of nitrogens with zero attached hydrogens (tertiary/aromatic N) is 2. The first kappa shape index (κ1) is 20.6. The number of halogens is 2. The summed E-state index contributed by atoms with van der Waals surface area (Å²) in [6, 6.07) is 7.25. The van der Waals surface area contributed by atoms with E-state index in [0.29, 0.717) is 14.5 Å². The zero-order valence-corrected chi connectivity index (χ0v) is 17.0. The summed E-state index contributed by atoms with van der Waals surface area (Å²) in [5.41, 5.74) is 2.53. The third-order valence-electron chi connectivity index (χ3n) is 3.21. The van der Waals surface area contributed by atoms with E-state index in [1.54, 1.807) is 6.07 Å². The van der Waals surface area contributed by atoms with Gasteiger partial charge in [-0.2, -0.15) is 5.10 Å². The Morgan fingerprint density at radius 1 is 1.33 bits per heavy atom. The highest BCUT2D eigenvalue weighted by molar-refractivity contribution is 9.13. The summed E-state index contributed by atoms with van der Waals surface area (Å²) in [6.07, 6.45) is 1.33. The molecule has 9 nitrogen and oxygen atoms in total. The van der Waals surface area contributed by atoms with E-state index in [1.165, 1.54) is 37.6 Å². The largest absolute Gasteiger partial charge is 0.503 e. The second-order valence-corrected chi connectivity index (χ2v) is 6.54. The molecule has 11 heteroatoms. The Hall–Kier alpha value is -2.66. The first-order valence-electron chi connectivity index (χ1n) is 7.28. The number of amides is 1. The second kappa shape index (κ2) is 9.33. The van der Waals surface area contributed by atoms with E-state index in [9.17, 15) is 20.0 Å². The average Bonchev–Trinajstić information content (AvgIpc) is 2.66. The quantitative estimate of drug-likeness (QED) is 0.340. The van der Waals surface area contributed by atoms with E-state index in [4.69, 9.17) is 9.47 Å². The van der Waals surface area contributed by atoms with E-state index in [-0.39, 0.29) is 22.9 Å². The first-order valence-corrected chi connectivity index (χ1v) is 8.86. The summed E-state index contributed by atoms with van der Waals surface area (Å²) < 4.78 is 11.1. The summed E-state index contributed by atoms with van der Waals surface area (Å²) in [7, 11) is 1.40. The molecule has 142 valence electrons. The van der Waals surface area contributed by atoms with Gasteiger partial charge in [0.25, 0.3) is 5.91 Å². The number of benzene rings is 2. The van der Waals surface area contributed by atoms with Crippen LogP contribution in [-0.2, 0) is 4.79 Å².